The Morgan fingerprint density at radius 1 is 1.17 bits per heavy atom. The largest absolute Gasteiger partial charge is 0.362 e. The molecule has 0 spiro atoms. The molecule has 0 amide bonds. The smallest absolute Gasteiger partial charge is 0.135 e. The van der Waals surface area contributed by atoms with Crippen molar-refractivity contribution in [3.8, 4) is 0 Å². The van der Waals surface area contributed by atoms with E-state index in [1.807, 2.05) is 20.3 Å². The number of pyridine rings is 1. The fraction of sp³-hybridized carbons (Fsp3) is 0.400. The Labute approximate surface area is 109 Å². The third-order valence-corrected chi connectivity index (χ3v) is 3.02. The molecule has 0 radical (unpaired) electrons. The van der Waals surface area contributed by atoms with Crippen LogP contribution in [0.3, 0.4) is 0 Å². The van der Waals surface area contributed by atoms with Crippen LogP contribution in [0.1, 0.15) is 18.9 Å². The number of fused-ring (bicyclic) bond motifs is 1. The van der Waals surface area contributed by atoms with Crippen LogP contribution < -0.4 is 10.2 Å². The number of rotatable bonds is 5. The van der Waals surface area contributed by atoms with E-state index in [0.717, 1.165) is 25.3 Å². The fourth-order valence-corrected chi connectivity index (χ4v) is 2.13. The van der Waals surface area contributed by atoms with Crippen LogP contribution in [0, 0.1) is 0 Å². The molecule has 96 valence electrons. The van der Waals surface area contributed by atoms with E-state index in [2.05, 4.69) is 46.4 Å². The molecule has 3 heteroatoms. The maximum atomic E-state index is 4.57. The zero-order valence-electron chi connectivity index (χ0n) is 11.4. The summed E-state index contributed by atoms with van der Waals surface area (Å²) in [5, 5.41) is 5.95. The second kappa shape index (κ2) is 5.83. The number of benzene rings is 1. The molecule has 1 N–H and O–H groups in total. The van der Waals surface area contributed by atoms with E-state index in [4.69, 9.17) is 0 Å². The number of nitrogens with one attached hydrogen (secondary N) is 1. The average molecular weight is 243 g/mol. The maximum Gasteiger partial charge on any atom is 0.135 e. The van der Waals surface area contributed by atoms with Gasteiger partial charge in [-0.05, 0) is 23.9 Å². The Hall–Kier alpha value is -1.61. The lowest BCUT2D eigenvalue weighted by Gasteiger charge is -2.16. The van der Waals surface area contributed by atoms with E-state index < -0.39 is 0 Å². The second-order valence-corrected chi connectivity index (χ2v) is 4.72. The summed E-state index contributed by atoms with van der Waals surface area (Å²) in [5.41, 5.74) is 1.27. The summed E-state index contributed by atoms with van der Waals surface area (Å²) in [7, 11) is 4.06. The third kappa shape index (κ3) is 2.62. The molecule has 1 aromatic heterocycles. The molecule has 2 aromatic rings. The first-order valence-corrected chi connectivity index (χ1v) is 6.48. The van der Waals surface area contributed by atoms with Crippen molar-refractivity contribution < 1.29 is 0 Å². The lowest BCUT2D eigenvalue weighted by atomic mass is 10.1. The summed E-state index contributed by atoms with van der Waals surface area (Å²) in [6.45, 7) is 4.11. The van der Waals surface area contributed by atoms with Crippen LogP contribution in [0.4, 0.5) is 5.82 Å². The standard InChI is InChI=1S/C15H21N3/c1-4-9-16-10-12-11-17-15(18(2)3)14-8-6-5-7-13(12)14/h5-8,11,16H,4,9-10H2,1-3H3. The normalized spacial score (nSPS) is 10.8. The fourth-order valence-electron chi connectivity index (χ4n) is 2.13. The lowest BCUT2D eigenvalue weighted by molar-refractivity contribution is 0.677. The van der Waals surface area contributed by atoms with Crippen molar-refractivity contribution in [1.82, 2.24) is 10.3 Å². The predicted octanol–water partition coefficient (Wildman–Crippen LogP) is 2.80. The molecular weight excluding hydrogens is 222 g/mol. The predicted molar refractivity (Wildman–Crippen MR) is 78.1 cm³/mol. The lowest BCUT2D eigenvalue weighted by Crippen LogP contribution is -2.16. The number of hydrogen-bond donors (Lipinski definition) is 1. The van der Waals surface area contributed by atoms with Crippen LogP contribution in [-0.2, 0) is 6.54 Å². The van der Waals surface area contributed by atoms with Gasteiger partial charge < -0.3 is 10.2 Å². The van der Waals surface area contributed by atoms with Gasteiger partial charge in [0.2, 0.25) is 0 Å². The van der Waals surface area contributed by atoms with Gasteiger partial charge >= 0.3 is 0 Å². The molecule has 2 rings (SSSR count). The topological polar surface area (TPSA) is 28.2 Å². The van der Waals surface area contributed by atoms with Crippen molar-refractivity contribution in [2.24, 2.45) is 0 Å². The van der Waals surface area contributed by atoms with E-state index in [-0.39, 0.29) is 0 Å². The summed E-state index contributed by atoms with van der Waals surface area (Å²) < 4.78 is 0. The van der Waals surface area contributed by atoms with Gasteiger partial charge in [-0.15, -0.1) is 0 Å². The van der Waals surface area contributed by atoms with Crippen LogP contribution >= 0.6 is 0 Å². The van der Waals surface area contributed by atoms with E-state index in [0.29, 0.717) is 0 Å². The molecule has 0 aliphatic rings. The van der Waals surface area contributed by atoms with Crippen LogP contribution in [0.15, 0.2) is 30.5 Å². The van der Waals surface area contributed by atoms with Gasteiger partial charge in [0.25, 0.3) is 0 Å². The highest BCUT2D eigenvalue weighted by Gasteiger charge is 2.07. The van der Waals surface area contributed by atoms with E-state index in [1.165, 1.54) is 16.3 Å². The van der Waals surface area contributed by atoms with E-state index in [1.54, 1.807) is 0 Å². The summed E-state index contributed by atoms with van der Waals surface area (Å²) in [6, 6.07) is 8.47. The Balaban J connectivity index is 2.41. The van der Waals surface area contributed by atoms with Gasteiger partial charge in [-0.1, -0.05) is 31.2 Å². The molecule has 0 aliphatic carbocycles. The number of nitrogens with zero attached hydrogens (tertiary/aromatic N) is 2. The van der Waals surface area contributed by atoms with Gasteiger partial charge in [0.15, 0.2) is 0 Å². The van der Waals surface area contributed by atoms with Crippen molar-refractivity contribution in [1.29, 1.82) is 0 Å². The molecule has 0 unspecified atom stereocenters. The average Bonchev–Trinajstić information content (AvgIpc) is 2.38. The first kappa shape index (κ1) is 12.8. The zero-order chi connectivity index (χ0) is 13.0. The maximum absolute atomic E-state index is 4.57. The van der Waals surface area contributed by atoms with Crippen LogP contribution in [0.25, 0.3) is 10.8 Å². The summed E-state index contributed by atoms with van der Waals surface area (Å²) in [5.74, 6) is 1.03. The molecule has 0 saturated heterocycles. The Bertz CT molecular complexity index is 520. The summed E-state index contributed by atoms with van der Waals surface area (Å²) >= 11 is 0. The highest BCUT2D eigenvalue weighted by molar-refractivity contribution is 5.94. The minimum atomic E-state index is 0.884. The van der Waals surface area contributed by atoms with Crippen molar-refractivity contribution in [2.75, 3.05) is 25.5 Å². The Morgan fingerprint density at radius 3 is 2.56 bits per heavy atom. The minimum absolute atomic E-state index is 0.884. The van der Waals surface area contributed by atoms with Gasteiger partial charge in [0.05, 0.1) is 0 Å². The van der Waals surface area contributed by atoms with Crippen molar-refractivity contribution in [2.45, 2.75) is 19.9 Å². The molecule has 1 heterocycles. The van der Waals surface area contributed by atoms with Crippen LogP contribution in [0.2, 0.25) is 0 Å². The highest BCUT2D eigenvalue weighted by Crippen LogP contribution is 2.25. The molecule has 0 atom stereocenters. The zero-order valence-corrected chi connectivity index (χ0v) is 11.4. The molecule has 0 bridgehead atoms. The molecule has 3 nitrogen and oxygen atoms in total. The quantitative estimate of drug-likeness (QED) is 0.818. The Morgan fingerprint density at radius 2 is 1.89 bits per heavy atom. The van der Waals surface area contributed by atoms with Gasteiger partial charge in [0.1, 0.15) is 5.82 Å². The van der Waals surface area contributed by atoms with Crippen molar-refractivity contribution >= 4 is 16.6 Å². The molecular formula is C15H21N3. The molecule has 1 aromatic carbocycles. The van der Waals surface area contributed by atoms with Gasteiger partial charge in [0, 0.05) is 32.2 Å². The first-order chi connectivity index (χ1) is 8.74. The van der Waals surface area contributed by atoms with Gasteiger partial charge in [-0.2, -0.15) is 0 Å². The van der Waals surface area contributed by atoms with Gasteiger partial charge in [-0.25, -0.2) is 4.98 Å². The number of hydrogen-bond acceptors (Lipinski definition) is 3. The highest BCUT2D eigenvalue weighted by atomic mass is 15.1. The molecule has 0 aliphatic heterocycles. The summed E-state index contributed by atoms with van der Waals surface area (Å²) in [6.07, 6.45) is 3.14. The molecule has 0 saturated carbocycles. The Kier molecular flexibility index (Phi) is 4.15. The second-order valence-electron chi connectivity index (χ2n) is 4.72. The van der Waals surface area contributed by atoms with Gasteiger partial charge in [-0.3, -0.25) is 0 Å². The third-order valence-electron chi connectivity index (χ3n) is 3.02. The van der Waals surface area contributed by atoms with E-state index in [9.17, 15) is 0 Å². The first-order valence-electron chi connectivity index (χ1n) is 6.48. The van der Waals surface area contributed by atoms with Crippen LogP contribution in [0.5, 0.6) is 0 Å². The van der Waals surface area contributed by atoms with Crippen LogP contribution in [-0.4, -0.2) is 25.6 Å². The number of aromatic nitrogens is 1. The van der Waals surface area contributed by atoms with Crippen molar-refractivity contribution in [3.05, 3.63) is 36.0 Å². The summed E-state index contributed by atoms with van der Waals surface area (Å²) in [4.78, 5) is 6.63. The molecule has 18 heavy (non-hydrogen) atoms. The van der Waals surface area contributed by atoms with Crippen molar-refractivity contribution in [3.63, 3.8) is 0 Å². The molecule has 0 fully saturated rings. The monoisotopic (exact) mass is 243 g/mol. The number of anilines is 1. The SMILES string of the molecule is CCCNCc1cnc(N(C)C)c2ccccc12. The van der Waals surface area contributed by atoms with E-state index >= 15 is 0 Å². The minimum Gasteiger partial charge on any atom is -0.362 e.